The Morgan fingerprint density at radius 3 is 2.81 bits per heavy atom. The van der Waals surface area contributed by atoms with Crippen LogP contribution in [0.3, 0.4) is 0 Å². The van der Waals surface area contributed by atoms with Crippen LogP contribution in [0.4, 0.5) is 0 Å². The first-order chi connectivity index (χ1) is 10.2. The molecule has 21 heavy (non-hydrogen) atoms. The summed E-state index contributed by atoms with van der Waals surface area (Å²) in [6.45, 7) is 3.39. The number of ether oxygens (including phenoxy) is 1. The van der Waals surface area contributed by atoms with E-state index in [2.05, 4.69) is 40.3 Å². The van der Waals surface area contributed by atoms with Crippen LogP contribution >= 0.6 is 15.9 Å². The maximum absolute atomic E-state index is 5.38. The Labute approximate surface area is 137 Å². The summed E-state index contributed by atoms with van der Waals surface area (Å²) in [4.78, 5) is 0. The van der Waals surface area contributed by atoms with Crippen LogP contribution in [0.15, 0.2) is 22.7 Å². The summed E-state index contributed by atoms with van der Waals surface area (Å²) < 4.78 is 6.59. The molecule has 1 aliphatic rings. The van der Waals surface area contributed by atoms with Crippen molar-refractivity contribution in [3.8, 4) is 5.75 Å². The van der Waals surface area contributed by atoms with Gasteiger partial charge in [-0.1, -0.05) is 42.1 Å². The zero-order chi connectivity index (χ0) is 15.1. The largest absolute Gasteiger partial charge is 0.497 e. The summed E-state index contributed by atoms with van der Waals surface area (Å²) in [5, 5.41) is 3.78. The van der Waals surface area contributed by atoms with E-state index in [0.717, 1.165) is 24.6 Å². The van der Waals surface area contributed by atoms with Gasteiger partial charge < -0.3 is 10.1 Å². The van der Waals surface area contributed by atoms with Gasteiger partial charge in [0, 0.05) is 10.5 Å². The molecule has 0 radical (unpaired) electrons. The minimum atomic E-state index is 0.672. The lowest BCUT2D eigenvalue weighted by Gasteiger charge is -2.27. The molecule has 2 nitrogen and oxygen atoms in total. The fourth-order valence-corrected chi connectivity index (χ4v) is 3.75. The number of halogens is 1. The number of nitrogens with one attached hydrogen (secondary N) is 1. The van der Waals surface area contributed by atoms with Crippen molar-refractivity contribution in [2.24, 2.45) is 5.92 Å². The van der Waals surface area contributed by atoms with E-state index < -0.39 is 0 Å². The Hall–Kier alpha value is -0.540. The molecular weight excluding hydrogens is 326 g/mol. The highest BCUT2D eigenvalue weighted by atomic mass is 79.9. The molecule has 1 aliphatic carbocycles. The summed E-state index contributed by atoms with van der Waals surface area (Å²) in [7, 11) is 1.74. The van der Waals surface area contributed by atoms with Crippen molar-refractivity contribution in [2.75, 3.05) is 13.7 Å². The SMILES string of the molecule is CCCNC1CCCCCC1Cc1cc(OC)ccc1Br. The highest BCUT2D eigenvalue weighted by Crippen LogP contribution is 2.31. The van der Waals surface area contributed by atoms with Gasteiger partial charge in [0.05, 0.1) is 7.11 Å². The first-order valence-electron chi connectivity index (χ1n) is 8.30. The van der Waals surface area contributed by atoms with Crippen LogP contribution in [0.5, 0.6) is 5.75 Å². The van der Waals surface area contributed by atoms with Crippen LogP contribution in [0, 0.1) is 5.92 Å². The molecule has 1 aromatic rings. The molecule has 0 aliphatic heterocycles. The molecule has 0 spiro atoms. The smallest absolute Gasteiger partial charge is 0.119 e. The standard InChI is InChI=1S/C18H28BrNO/c1-3-11-20-18-8-6-4-5-7-14(18)12-15-13-16(21-2)9-10-17(15)19/h9-10,13-14,18,20H,3-8,11-12H2,1-2H3. The van der Waals surface area contributed by atoms with Gasteiger partial charge in [0.25, 0.3) is 0 Å². The summed E-state index contributed by atoms with van der Waals surface area (Å²) in [6, 6.07) is 6.99. The zero-order valence-corrected chi connectivity index (χ0v) is 14.9. The van der Waals surface area contributed by atoms with E-state index in [9.17, 15) is 0 Å². The molecule has 2 atom stereocenters. The number of hydrogen-bond donors (Lipinski definition) is 1. The van der Waals surface area contributed by atoms with Gasteiger partial charge in [0.2, 0.25) is 0 Å². The normalized spacial score (nSPS) is 22.8. The van der Waals surface area contributed by atoms with Crippen molar-refractivity contribution in [1.82, 2.24) is 5.32 Å². The van der Waals surface area contributed by atoms with Gasteiger partial charge in [0.1, 0.15) is 5.75 Å². The third-order valence-corrected chi connectivity index (χ3v) is 5.32. The van der Waals surface area contributed by atoms with Gasteiger partial charge >= 0.3 is 0 Å². The van der Waals surface area contributed by atoms with E-state index in [1.165, 1.54) is 48.6 Å². The Morgan fingerprint density at radius 1 is 1.24 bits per heavy atom. The molecule has 2 unspecified atom stereocenters. The van der Waals surface area contributed by atoms with Crippen molar-refractivity contribution >= 4 is 15.9 Å². The second-order valence-electron chi connectivity index (χ2n) is 6.12. The monoisotopic (exact) mass is 353 g/mol. The van der Waals surface area contributed by atoms with Gasteiger partial charge in [-0.3, -0.25) is 0 Å². The lowest BCUT2D eigenvalue weighted by molar-refractivity contribution is 0.332. The van der Waals surface area contributed by atoms with E-state index in [0.29, 0.717) is 6.04 Å². The second kappa shape index (κ2) is 8.79. The van der Waals surface area contributed by atoms with Crippen molar-refractivity contribution < 1.29 is 4.74 Å². The molecule has 118 valence electrons. The van der Waals surface area contributed by atoms with Crippen molar-refractivity contribution in [3.05, 3.63) is 28.2 Å². The van der Waals surface area contributed by atoms with Crippen LogP contribution in [0.25, 0.3) is 0 Å². The fourth-order valence-electron chi connectivity index (χ4n) is 3.34. The molecular formula is C18H28BrNO. The molecule has 1 fully saturated rings. The Bertz CT molecular complexity index is 435. The molecule has 2 rings (SSSR count). The molecule has 0 amide bonds. The van der Waals surface area contributed by atoms with Crippen molar-refractivity contribution in [1.29, 1.82) is 0 Å². The van der Waals surface area contributed by atoms with Gasteiger partial charge in [0.15, 0.2) is 0 Å². The lowest BCUT2D eigenvalue weighted by atomic mass is 9.88. The summed E-state index contributed by atoms with van der Waals surface area (Å²) in [5.74, 6) is 1.70. The fraction of sp³-hybridized carbons (Fsp3) is 0.667. The molecule has 1 N–H and O–H groups in total. The van der Waals surface area contributed by atoms with Crippen LogP contribution in [-0.2, 0) is 6.42 Å². The van der Waals surface area contributed by atoms with Crippen LogP contribution in [0.1, 0.15) is 51.0 Å². The highest BCUT2D eigenvalue weighted by Gasteiger charge is 2.24. The molecule has 0 saturated heterocycles. The van der Waals surface area contributed by atoms with Gasteiger partial charge in [-0.25, -0.2) is 0 Å². The number of rotatable bonds is 6. The Morgan fingerprint density at radius 2 is 2.05 bits per heavy atom. The minimum Gasteiger partial charge on any atom is -0.497 e. The van der Waals surface area contributed by atoms with Crippen LogP contribution in [0.2, 0.25) is 0 Å². The van der Waals surface area contributed by atoms with E-state index in [4.69, 9.17) is 4.74 Å². The quantitative estimate of drug-likeness (QED) is 0.730. The summed E-state index contributed by atoms with van der Waals surface area (Å²) >= 11 is 3.70. The Balaban J connectivity index is 2.09. The van der Waals surface area contributed by atoms with Crippen molar-refractivity contribution in [3.63, 3.8) is 0 Å². The van der Waals surface area contributed by atoms with Crippen LogP contribution in [-0.4, -0.2) is 19.7 Å². The van der Waals surface area contributed by atoms with E-state index in [1.807, 2.05) is 6.07 Å². The molecule has 3 heteroatoms. The average molecular weight is 354 g/mol. The van der Waals surface area contributed by atoms with Gasteiger partial charge in [-0.15, -0.1) is 0 Å². The molecule has 0 heterocycles. The molecule has 0 bridgehead atoms. The summed E-state index contributed by atoms with van der Waals surface area (Å²) in [6.07, 6.45) is 9.15. The maximum Gasteiger partial charge on any atom is 0.119 e. The number of benzene rings is 1. The zero-order valence-electron chi connectivity index (χ0n) is 13.3. The third kappa shape index (κ3) is 5.00. The van der Waals surface area contributed by atoms with E-state index in [-0.39, 0.29) is 0 Å². The van der Waals surface area contributed by atoms with Crippen LogP contribution < -0.4 is 10.1 Å². The lowest BCUT2D eigenvalue weighted by Crippen LogP contribution is -2.37. The summed E-state index contributed by atoms with van der Waals surface area (Å²) in [5.41, 5.74) is 1.38. The molecule has 1 aromatic carbocycles. The highest BCUT2D eigenvalue weighted by molar-refractivity contribution is 9.10. The van der Waals surface area contributed by atoms with E-state index >= 15 is 0 Å². The average Bonchev–Trinajstić information content (AvgIpc) is 2.72. The predicted molar refractivity (Wildman–Crippen MR) is 93.1 cm³/mol. The molecule has 1 saturated carbocycles. The molecule has 0 aromatic heterocycles. The number of hydrogen-bond acceptors (Lipinski definition) is 2. The Kier molecular flexibility index (Phi) is 7.05. The number of methoxy groups -OCH3 is 1. The topological polar surface area (TPSA) is 21.3 Å². The first kappa shape index (κ1) is 16.8. The van der Waals surface area contributed by atoms with Gasteiger partial charge in [-0.05, 0) is 61.9 Å². The van der Waals surface area contributed by atoms with E-state index in [1.54, 1.807) is 7.11 Å². The third-order valence-electron chi connectivity index (χ3n) is 4.55. The van der Waals surface area contributed by atoms with Crippen molar-refractivity contribution in [2.45, 2.75) is 57.9 Å². The minimum absolute atomic E-state index is 0.672. The van der Waals surface area contributed by atoms with Gasteiger partial charge in [-0.2, -0.15) is 0 Å². The second-order valence-corrected chi connectivity index (χ2v) is 6.97. The first-order valence-corrected chi connectivity index (χ1v) is 9.09. The maximum atomic E-state index is 5.38. The predicted octanol–water partition coefficient (Wildman–Crippen LogP) is 4.95.